The minimum absolute atomic E-state index is 0.0362. The number of ether oxygens (including phenoxy) is 2. The van der Waals surface area contributed by atoms with E-state index in [0.717, 1.165) is 13.8 Å². The first-order valence-corrected chi connectivity index (χ1v) is 6.78. The Hall–Kier alpha value is -3.23. The van der Waals surface area contributed by atoms with E-state index < -0.39 is 41.9 Å². The second kappa shape index (κ2) is 6.49. The molecule has 0 spiro atoms. The van der Waals surface area contributed by atoms with Crippen molar-refractivity contribution in [2.75, 3.05) is 4.90 Å². The molecule has 0 radical (unpaired) electrons. The van der Waals surface area contributed by atoms with E-state index in [0.29, 0.717) is 4.90 Å². The van der Waals surface area contributed by atoms with Gasteiger partial charge in [-0.3, -0.25) is 19.2 Å². The number of carbonyl (C=O) groups excluding carboxylic acids is 4. The molecule has 2 unspecified atom stereocenters. The van der Waals surface area contributed by atoms with E-state index >= 15 is 0 Å². The lowest BCUT2D eigenvalue weighted by Crippen LogP contribution is -2.36. The van der Waals surface area contributed by atoms with Gasteiger partial charge in [0.15, 0.2) is 0 Å². The molecule has 2 amide bonds. The molecule has 9 nitrogen and oxygen atoms in total. The molecule has 0 aliphatic carbocycles. The van der Waals surface area contributed by atoms with Gasteiger partial charge in [-0.2, -0.15) is 0 Å². The first-order chi connectivity index (χ1) is 11.2. The van der Waals surface area contributed by atoms with Crippen molar-refractivity contribution in [2.45, 2.75) is 26.1 Å². The van der Waals surface area contributed by atoms with Crippen LogP contribution in [0.3, 0.4) is 0 Å². The Labute approximate surface area is 135 Å². The number of carboxylic acid groups (broad SMARTS) is 1. The highest BCUT2D eigenvalue weighted by Gasteiger charge is 2.52. The summed E-state index contributed by atoms with van der Waals surface area (Å²) < 4.78 is 9.60. The fourth-order valence-electron chi connectivity index (χ4n) is 2.21. The van der Waals surface area contributed by atoms with Crippen LogP contribution in [0.25, 0.3) is 0 Å². The molecule has 1 N–H and O–H groups in total. The monoisotopic (exact) mass is 335 g/mol. The van der Waals surface area contributed by atoms with Gasteiger partial charge in [-0.15, -0.1) is 0 Å². The zero-order chi connectivity index (χ0) is 18.0. The van der Waals surface area contributed by atoms with Gasteiger partial charge in [-0.1, -0.05) is 0 Å². The van der Waals surface area contributed by atoms with E-state index in [4.69, 9.17) is 14.6 Å². The van der Waals surface area contributed by atoms with Crippen molar-refractivity contribution in [1.29, 1.82) is 0 Å². The largest absolute Gasteiger partial charge is 0.478 e. The number of anilines is 1. The number of hydrogen-bond acceptors (Lipinski definition) is 7. The van der Waals surface area contributed by atoms with E-state index in [2.05, 4.69) is 0 Å². The SMILES string of the molecule is CC(=O)OC1C(=O)N(c2ccc(C(=O)O)cc2)C(=O)C1OC(C)=O. The number of aromatic carboxylic acids is 1. The lowest BCUT2D eigenvalue weighted by atomic mass is 10.2. The Morgan fingerprint density at radius 2 is 1.33 bits per heavy atom. The van der Waals surface area contributed by atoms with Gasteiger partial charge in [0.1, 0.15) is 0 Å². The van der Waals surface area contributed by atoms with Crippen LogP contribution in [0.4, 0.5) is 5.69 Å². The predicted molar refractivity (Wildman–Crippen MR) is 77.0 cm³/mol. The van der Waals surface area contributed by atoms with Gasteiger partial charge in [0.05, 0.1) is 11.3 Å². The van der Waals surface area contributed by atoms with Crippen LogP contribution in [0.5, 0.6) is 0 Å². The molecule has 0 saturated carbocycles. The second-order valence-corrected chi connectivity index (χ2v) is 4.92. The van der Waals surface area contributed by atoms with E-state index in [1.54, 1.807) is 0 Å². The molecule has 1 aromatic rings. The summed E-state index contributed by atoms with van der Waals surface area (Å²) in [6.45, 7) is 2.10. The molecule has 2 atom stereocenters. The highest BCUT2D eigenvalue weighted by atomic mass is 16.6. The number of rotatable bonds is 4. The van der Waals surface area contributed by atoms with Gasteiger partial charge < -0.3 is 14.6 Å². The molecule has 0 bridgehead atoms. The third-order valence-corrected chi connectivity index (χ3v) is 3.16. The van der Waals surface area contributed by atoms with Gasteiger partial charge in [0.25, 0.3) is 11.8 Å². The first-order valence-electron chi connectivity index (χ1n) is 6.78. The fourth-order valence-corrected chi connectivity index (χ4v) is 2.21. The smallest absolute Gasteiger partial charge is 0.335 e. The molecule has 1 heterocycles. The molecule has 1 saturated heterocycles. The first kappa shape index (κ1) is 17.1. The number of nitrogens with zero attached hydrogens (tertiary/aromatic N) is 1. The van der Waals surface area contributed by atoms with Crippen LogP contribution in [0, 0.1) is 0 Å². The molecule has 126 valence electrons. The lowest BCUT2D eigenvalue weighted by molar-refractivity contribution is -0.167. The summed E-state index contributed by atoms with van der Waals surface area (Å²) in [6, 6.07) is 4.91. The van der Waals surface area contributed by atoms with Gasteiger partial charge >= 0.3 is 17.9 Å². The zero-order valence-corrected chi connectivity index (χ0v) is 12.7. The van der Waals surface area contributed by atoms with Crippen LogP contribution in [-0.2, 0) is 28.7 Å². The van der Waals surface area contributed by atoms with Crippen molar-refractivity contribution in [2.24, 2.45) is 0 Å². The highest BCUT2D eigenvalue weighted by molar-refractivity contribution is 6.25. The summed E-state index contributed by atoms with van der Waals surface area (Å²) in [7, 11) is 0. The summed E-state index contributed by atoms with van der Waals surface area (Å²) in [6.07, 6.45) is -3.17. The summed E-state index contributed by atoms with van der Waals surface area (Å²) in [5, 5.41) is 8.86. The normalized spacial score (nSPS) is 20.0. The average molecular weight is 335 g/mol. The zero-order valence-electron chi connectivity index (χ0n) is 12.7. The summed E-state index contributed by atoms with van der Waals surface area (Å²) in [5.74, 6) is -4.58. The molecule has 2 rings (SSSR count). The topological polar surface area (TPSA) is 127 Å². The Morgan fingerprint density at radius 3 is 1.67 bits per heavy atom. The maximum atomic E-state index is 12.4. The molecule has 0 aromatic heterocycles. The van der Waals surface area contributed by atoms with Crippen LogP contribution < -0.4 is 4.90 Å². The van der Waals surface area contributed by atoms with Crippen LogP contribution in [-0.4, -0.2) is 47.0 Å². The standard InChI is InChI=1S/C15H13NO8/c1-7(17)23-11-12(24-8(2)18)14(20)16(13(11)19)10-5-3-9(4-6-10)15(21)22/h3-6,11-12H,1-2H3,(H,21,22). The maximum absolute atomic E-state index is 12.4. The maximum Gasteiger partial charge on any atom is 0.335 e. The van der Waals surface area contributed by atoms with Gasteiger partial charge in [0.2, 0.25) is 12.2 Å². The van der Waals surface area contributed by atoms with Crippen molar-refractivity contribution in [3.63, 3.8) is 0 Å². The van der Waals surface area contributed by atoms with Gasteiger partial charge in [0, 0.05) is 13.8 Å². The van der Waals surface area contributed by atoms with Crippen LogP contribution >= 0.6 is 0 Å². The van der Waals surface area contributed by atoms with Crippen LogP contribution in [0.1, 0.15) is 24.2 Å². The van der Waals surface area contributed by atoms with E-state index in [-0.39, 0.29) is 11.3 Å². The molecular weight excluding hydrogens is 322 g/mol. The fraction of sp³-hybridized carbons (Fsp3) is 0.267. The van der Waals surface area contributed by atoms with Crippen molar-refractivity contribution < 1.29 is 38.6 Å². The van der Waals surface area contributed by atoms with Crippen molar-refractivity contribution in [1.82, 2.24) is 0 Å². The van der Waals surface area contributed by atoms with Crippen LogP contribution in [0.15, 0.2) is 24.3 Å². The molecule has 1 aromatic carbocycles. The highest BCUT2D eigenvalue weighted by Crippen LogP contribution is 2.27. The summed E-state index contributed by atoms with van der Waals surface area (Å²) in [4.78, 5) is 58.6. The van der Waals surface area contributed by atoms with E-state index in [1.165, 1.54) is 24.3 Å². The van der Waals surface area contributed by atoms with Gasteiger partial charge in [-0.05, 0) is 24.3 Å². The van der Waals surface area contributed by atoms with Crippen molar-refractivity contribution in [3.05, 3.63) is 29.8 Å². The van der Waals surface area contributed by atoms with E-state index in [9.17, 15) is 24.0 Å². The predicted octanol–water partition coefficient (Wildman–Crippen LogP) is 0.121. The number of hydrogen-bond donors (Lipinski definition) is 1. The lowest BCUT2D eigenvalue weighted by Gasteiger charge is -2.14. The van der Waals surface area contributed by atoms with Gasteiger partial charge in [-0.25, -0.2) is 9.69 Å². The summed E-state index contributed by atoms with van der Waals surface area (Å²) in [5.41, 5.74) is 0.0349. The van der Waals surface area contributed by atoms with Crippen LogP contribution in [0.2, 0.25) is 0 Å². The second-order valence-electron chi connectivity index (χ2n) is 4.92. The Balaban J connectivity index is 2.37. The minimum atomic E-state index is -1.59. The number of amides is 2. The molecule has 1 aliphatic rings. The number of benzene rings is 1. The summed E-state index contributed by atoms with van der Waals surface area (Å²) >= 11 is 0. The molecule has 9 heteroatoms. The Kier molecular flexibility index (Phi) is 4.63. The molecule has 1 aliphatic heterocycles. The third-order valence-electron chi connectivity index (χ3n) is 3.16. The number of carboxylic acids is 1. The molecule has 24 heavy (non-hydrogen) atoms. The number of imide groups is 1. The average Bonchev–Trinajstić information content (AvgIpc) is 2.71. The Morgan fingerprint density at radius 1 is 0.917 bits per heavy atom. The van der Waals surface area contributed by atoms with Crippen molar-refractivity contribution in [3.8, 4) is 0 Å². The number of carbonyl (C=O) groups is 5. The molecule has 1 fully saturated rings. The third kappa shape index (κ3) is 3.24. The Bertz CT molecular complexity index is 689. The number of esters is 2. The quantitative estimate of drug-likeness (QED) is 0.607. The van der Waals surface area contributed by atoms with Crippen molar-refractivity contribution >= 4 is 35.4 Å². The van der Waals surface area contributed by atoms with E-state index in [1.807, 2.05) is 0 Å². The minimum Gasteiger partial charge on any atom is -0.478 e. The molecular formula is C15H13NO8.